The van der Waals surface area contributed by atoms with Gasteiger partial charge in [-0.3, -0.25) is 0 Å². The molecule has 1 rings (SSSR count). The molecular weight excluding hydrogens is 208 g/mol. The van der Waals surface area contributed by atoms with Crippen LogP contribution in [0.1, 0.15) is 20.8 Å². The van der Waals surface area contributed by atoms with Crippen LogP contribution in [0.25, 0.3) is 0 Å². The summed E-state index contributed by atoms with van der Waals surface area (Å²) < 4.78 is 0. The Morgan fingerprint density at radius 3 is 2.80 bits per heavy atom. The maximum absolute atomic E-state index is 5.62. The molecule has 0 amide bonds. The highest BCUT2D eigenvalue weighted by molar-refractivity contribution is 7.99. The molecule has 0 saturated heterocycles. The second-order valence-corrected chi connectivity index (χ2v) is 4.73. The Bertz CT molecular complexity index is 314. The van der Waals surface area contributed by atoms with Crippen LogP contribution in [-0.4, -0.2) is 22.3 Å². The smallest absolute Gasteiger partial charge is 0.223 e. The molecule has 5 heteroatoms. The molecule has 1 heterocycles. The molecule has 0 aliphatic heterocycles. The average molecular weight is 226 g/mol. The summed E-state index contributed by atoms with van der Waals surface area (Å²) in [6.45, 7) is 7.23. The molecule has 0 radical (unpaired) electrons. The Morgan fingerprint density at radius 1 is 1.47 bits per heavy atom. The molecule has 0 bridgehead atoms. The Labute approximate surface area is 95.1 Å². The summed E-state index contributed by atoms with van der Waals surface area (Å²) >= 11 is 1.71. The van der Waals surface area contributed by atoms with Gasteiger partial charge in [-0.2, -0.15) is 4.98 Å². The third-order valence-electron chi connectivity index (χ3n) is 1.64. The predicted octanol–water partition coefficient (Wildman–Crippen LogP) is 2.24. The first-order valence-corrected chi connectivity index (χ1v) is 6.11. The zero-order valence-corrected chi connectivity index (χ0v) is 10.3. The first kappa shape index (κ1) is 12.1. The van der Waals surface area contributed by atoms with E-state index in [1.54, 1.807) is 11.8 Å². The predicted molar refractivity (Wildman–Crippen MR) is 66.2 cm³/mol. The highest BCUT2D eigenvalue weighted by Gasteiger charge is 2.03. The van der Waals surface area contributed by atoms with E-state index in [9.17, 15) is 0 Å². The first-order chi connectivity index (χ1) is 7.11. The van der Waals surface area contributed by atoms with Crippen LogP contribution in [0.15, 0.2) is 11.1 Å². The molecule has 3 N–H and O–H groups in total. The van der Waals surface area contributed by atoms with E-state index in [0.717, 1.165) is 23.1 Å². The Balaban J connectivity index is 2.70. The average Bonchev–Trinajstić information content (AvgIpc) is 2.14. The van der Waals surface area contributed by atoms with E-state index >= 15 is 0 Å². The number of nitrogens with one attached hydrogen (secondary N) is 1. The number of rotatable bonds is 5. The SMILES string of the molecule is CCNc1cc(SCC(C)C)nc(N)n1. The molecule has 0 aliphatic carbocycles. The minimum atomic E-state index is 0.333. The van der Waals surface area contributed by atoms with Crippen molar-refractivity contribution in [1.29, 1.82) is 0 Å². The van der Waals surface area contributed by atoms with Crippen LogP contribution < -0.4 is 11.1 Å². The summed E-state index contributed by atoms with van der Waals surface area (Å²) in [6, 6.07) is 1.94. The standard InChI is InChI=1S/C10H18N4S/c1-4-12-8-5-9(14-10(11)13-8)15-6-7(2)3/h5,7H,4,6H2,1-3H3,(H3,11,12,13,14). The van der Waals surface area contributed by atoms with Crippen molar-refractivity contribution >= 4 is 23.5 Å². The lowest BCUT2D eigenvalue weighted by atomic mass is 10.3. The first-order valence-electron chi connectivity index (χ1n) is 5.13. The molecule has 1 aromatic rings. The van der Waals surface area contributed by atoms with Gasteiger partial charge in [0.05, 0.1) is 0 Å². The fourth-order valence-corrected chi connectivity index (χ4v) is 1.90. The normalized spacial score (nSPS) is 10.7. The minimum Gasteiger partial charge on any atom is -0.370 e. The minimum absolute atomic E-state index is 0.333. The summed E-state index contributed by atoms with van der Waals surface area (Å²) in [5.41, 5.74) is 5.62. The maximum Gasteiger partial charge on any atom is 0.223 e. The number of nitrogens with two attached hydrogens (primary N) is 1. The zero-order valence-electron chi connectivity index (χ0n) is 9.45. The monoisotopic (exact) mass is 226 g/mol. The van der Waals surface area contributed by atoms with Crippen molar-refractivity contribution in [3.8, 4) is 0 Å². The van der Waals surface area contributed by atoms with Crippen molar-refractivity contribution in [2.24, 2.45) is 5.92 Å². The fraction of sp³-hybridized carbons (Fsp3) is 0.600. The molecule has 0 saturated carbocycles. The lowest BCUT2D eigenvalue weighted by Crippen LogP contribution is -2.04. The second-order valence-electron chi connectivity index (χ2n) is 3.68. The number of hydrogen-bond donors (Lipinski definition) is 2. The third kappa shape index (κ3) is 4.38. The van der Waals surface area contributed by atoms with Crippen LogP contribution in [0.3, 0.4) is 0 Å². The summed E-state index contributed by atoms with van der Waals surface area (Å²) in [6.07, 6.45) is 0. The summed E-state index contributed by atoms with van der Waals surface area (Å²) in [5.74, 6) is 2.83. The van der Waals surface area contributed by atoms with E-state index < -0.39 is 0 Å². The molecule has 84 valence electrons. The van der Waals surface area contributed by atoms with Crippen LogP contribution in [0, 0.1) is 5.92 Å². The van der Waals surface area contributed by atoms with Crippen molar-refractivity contribution in [1.82, 2.24) is 9.97 Å². The van der Waals surface area contributed by atoms with Gasteiger partial charge in [0.1, 0.15) is 10.8 Å². The number of thioether (sulfide) groups is 1. The Morgan fingerprint density at radius 2 is 2.20 bits per heavy atom. The number of nitrogen functional groups attached to an aromatic ring is 1. The highest BCUT2D eigenvalue weighted by Crippen LogP contribution is 2.21. The van der Waals surface area contributed by atoms with Crippen LogP contribution in [0.5, 0.6) is 0 Å². The Hall–Kier alpha value is -0.970. The van der Waals surface area contributed by atoms with Gasteiger partial charge in [0, 0.05) is 18.4 Å². The van der Waals surface area contributed by atoms with Gasteiger partial charge in [0.15, 0.2) is 0 Å². The molecule has 0 aliphatic rings. The van der Waals surface area contributed by atoms with Crippen LogP contribution in [0.4, 0.5) is 11.8 Å². The number of aromatic nitrogens is 2. The van der Waals surface area contributed by atoms with Gasteiger partial charge in [0.25, 0.3) is 0 Å². The summed E-state index contributed by atoms with van der Waals surface area (Å²) in [4.78, 5) is 8.27. The third-order valence-corrected chi connectivity index (χ3v) is 2.98. The Kier molecular flexibility index (Phi) is 4.68. The molecule has 0 aromatic carbocycles. The van der Waals surface area contributed by atoms with Crippen molar-refractivity contribution in [2.45, 2.75) is 25.8 Å². The quantitative estimate of drug-likeness (QED) is 0.595. The highest BCUT2D eigenvalue weighted by atomic mass is 32.2. The fourth-order valence-electron chi connectivity index (χ4n) is 1.04. The summed E-state index contributed by atoms with van der Waals surface area (Å²) in [5, 5.41) is 4.07. The molecular formula is C10H18N4S. The van der Waals surface area contributed by atoms with E-state index in [2.05, 4.69) is 29.1 Å². The van der Waals surface area contributed by atoms with E-state index in [4.69, 9.17) is 5.73 Å². The number of hydrogen-bond acceptors (Lipinski definition) is 5. The van der Waals surface area contributed by atoms with E-state index in [-0.39, 0.29) is 0 Å². The van der Waals surface area contributed by atoms with Crippen molar-refractivity contribution < 1.29 is 0 Å². The van der Waals surface area contributed by atoms with Crippen LogP contribution >= 0.6 is 11.8 Å². The lowest BCUT2D eigenvalue weighted by Gasteiger charge is -2.07. The van der Waals surface area contributed by atoms with Crippen LogP contribution in [-0.2, 0) is 0 Å². The number of anilines is 2. The maximum atomic E-state index is 5.62. The molecule has 0 spiro atoms. The van der Waals surface area contributed by atoms with Gasteiger partial charge in [-0.15, -0.1) is 11.8 Å². The lowest BCUT2D eigenvalue weighted by molar-refractivity contribution is 0.749. The zero-order chi connectivity index (χ0) is 11.3. The second kappa shape index (κ2) is 5.80. The summed E-state index contributed by atoms with van der Waals surface area (Å²) in [7, 11) is 0. The van der Waals surface area contributed by atoms with E-state index in [1.807, 2.05) is 13.0 Å². The van der Waals surface area contributed by atoms with Gasteiger partial charge < -0.3 is 11.1 Å². The largest absolute Gasteiger partial charge is 0.370 e. The van der Waals surface area contributed by atoms with E-state index in [1.165, 1.54) is 0 Å². The van der Waals surface area contributed by atoms with E-state index in [0.29, 0.717) is 11.9 Å². The van der Waals surface area contributed by atoms with Gasteiger partial charge >= 0.3 is 0 Å². The van der Waals surface area contributed by atoms with Crippen molar-refractivity contribution in [3.05, 3.63) is 6.07 Å². The molecule has 1 aromatic heterocycles. The molecule has 0 unspecified atom stereocenters. The van der Waals surface area contributed by atoms with Crippen molar-refractivity contribution in [2.75, 3.05) is 23.3 Å². The van der Waals surface area contributed by atoms with Gasteiger partial charge in [0.2, 0.25) is 5.95 Å². The molecule has 4 nitrogen and oxygen atoms in total. The van der Waals surface area contributed by atoms with Gasteiger partial charge in [-0.1, -0.05) is 13.8 Å². The molecule has 15 heavy (non-hydrogen) atoms. The van der Waals surface area contributed by atoms with Crippen molar-refractivity contribution in [3.63, 3.8) is 0 Å². The van der Waals surface area contributed by atoms with Gasteiger partial charge in [-0.25, -0.2) is 4.98 Å². The molecule has 0 atom stereocenters. The topological polar surface area (TPSA) is 63.8 Å². The number of nitrogens with zero attached hydrogens (tertiary/aromatic N) is 2. The molecule has 0 fully saturated rings. The van der Waals surface area contributed by atoms with Gasteiger partial charge in [-0.05, 0) is 12.8 Å². The van der Waals surface area contributed by atoms with Crippen LogP contribution in [0.2, 0.25) is 0 Å².